The van der Waals surface area contributed by atoms with Crippen LogP contribution >= 0.6 is 15.9 Å². The summed E-state index contributed by atoms with van der Waals surface area (Å²) in [5, 5.41) is 4.18. The van der Waals surface area contributed by atoms with Crippen molar-refractivity contribution in [2.24, 2.45) is 0 Å². The Labute approximate surface area is 164 Å². The number of para-hydroxylation sites is 1. The number of nitrogen functional groups attached to an aromatic ring is 1. The van der Waals surface area contributed by atoms with Crippen LogP contribution in [0.25, 0.3) is 10.9 Å². The van der Waals surface area contributed by atoms with Crippen LogP contribution in [0.4, 0.5) is 17.2 Å². The van der Waals surface area contributed by atoms with Crippen LogP contribution in [0.5, 0.6) is 11.6 Å². The van der Waals surface area contributed by atoms with Gasteiger partial charge < -0.3 is 15.8 Å². The van der Waals surface area contributed by atoms with Crippen LogP contribution in [0.2, 0.25) is 0 Å². The Morgan fingerprint density at radius 1 is 1.00 bits per heavy atom. The summed E-state index contributed by atoms with van der Waals surface area (Å²) in [6, 6.07) is 15.5. The van der Waals surface area contributed by atoms with E-state index in [4.69, 9.17) is 10.5 Å². The minimum absolute atomic E-state index is 0.273. The van der Waals surface area contributed by atoms with Crippen LogP contribution in [0.15, 0.2) is 65.5 Å². The molecule has 0 unspecified atom stereocenters. The third-order valence-corrected chi connectivity index (χ3v) is 4.82. The molecule has 2 heterocycles. The average molecular weight is 422 g/mol. The Bertz CT molecular complexity index is 1130. The van der Waals surface area contributed by atoms with Gasteiger partial charge in [-0.1, -0.05) is 40.2 Å². The number of hydrogen-bond donors (Lipinski definition) is 2. The lowest BCUT2D eigenvalue weighted by Gasteiger charge is -2.14. The Balaban J connectivity index is 1.70. The van der Waals surface area contributed by atoms with E-state index in [9.17, 15) is 0 Å². The third kappa shape index (κ3) is 3.41. The second kappa shape index (κ2) is 7.20. The maximum atomic E-state index is 6.26. The topological polar surface area (TPSA) is 86.0 Å². The number of aryl methyl sites for hydroxylation is 1. The van der Waals surface area contributed by atoms with Gasteiger partial charge in [0.15, 0.2) is 11.6 Å². The number of hydrogen-bond acceptors (Lipinski definition) is 6. The number of ether oxygens (including phenoxy) is 1. The maximum Gasteiger partial charge on any atom is 0.248 e. The molecule has 0 spiro atoms. The van der Waals surface area contributed by atoms with E-state index in [-0.39, 0.29) is 5.88 Å². The summed E-state index contributed by atoms with van der Waals surface area (Å²) < 4.78 is 6.93. The molecule has 0 amide bonds. The third-order valence-electron chi connectivity index (χ3n) is 4.13. The predicted octanol–water partition coefficient (Wildman–Crippen LogP) is 5.21. The summed E-state index contributed by atoms with van der Waals surface area (Å²) in [6.45, 7) is 2.01. The first kappa shape index (κ1) is 17.2. The number of nitrogens with zero attached hydrogens (tertiary/aromatic N) is 3. The molecular formula is C20H16BrN5O. The molecule has 2 aromatic carbocycles. The van der Waals surface area contributed by atoms with Gasteiger partial charge in [0.1, 0.15) is 17.5 Å². The van der Waals surface area contributed by atoms with Gasteiger partial charge >= 0.3 is 0 Å². The summed E-state index contributed by atoms with van der Waals surface area (Å²) >= 11 is 3.53. The zero-order valence-electron chi connectivity index (χ0n) is 14.5. The highest BCUT2D eigenvalue weighted by Gasteiger charge is 2.14. The summed E-state index contributed by atoms with van der Waals surface area (Å²) in [4.78, 5) is 12.8. The number of rotatable bonds is 4. The molecule has 0 radical (unpaired) electrons. The number of nitrogens with one attached hydrogen (secondary N) is 1. The van der Waals surface area contributed by atoms with E-state index >= 15 is 0 Å². The van der Waals surface area contributed by atoms with Gasteiger partial charge in [0, 0.05) is 21.7 Å². The number of benzene rings is 2. The van der Waals surface area contributed by atoms with Crippen molar-refractivity contribution >= 4 is 44.0 Å². The van der Waals surface area contributed by atoms with Crippen LogP contribution in [-0.4, -0.2) is 15.0 Å². The molecule has 4 aromatic rings. The minimum Gasteiger partial charge on any atom is -0.435 e. The van der Waals surface area contributed by atoms with Crippen molar-refractivity contribution in [1.82, 2.24) is 15.0 Å². The Morgan fingerprint density at radius 3 is 2.70 bits per heavy atom. The molecule has 0 saturated heterocycles. The SMILES string of the molecule is Cc1ccccc1Nc1ncnc(Oc2ccc(Br)c3cccnc23)c1N. The number of halogens is 1. The fraction of sp³-hybridized carbons (Fsp3) is 0.0500. The summed E-state index contributed by atoms with van der Waals surface area (Å²) in [6.07, 6.45) is 3.14. The van der Waals surface area contributed by atoms with Crippen molar-refractivity contribution in [2.45, 2.75) is 6.92 Å². The molecule has 7 heteroatoms. The standard InChI is InChI=1S/C20H16BrN5O/c1-12-5-2-3-7-15(12)26-19-17(22)20(25-11-24-19)27-16-9-8-14(21)13-6-4-10-23-18(13)16/h2-11H,22H2,1H3,(H,24,25,26). The Morgan fingerprint density at radius 2 is 1.85 bits per heavy atom. The molecule has 0 aliphatic heterocycles. The van der Waals surface area contributed by atoms with Crippen LogP contribution in [0, 0.1) is 6.92 Å². The molecule has 0 saturated carbocycles. The molecule has 0 fully saturated rings. The molecule has 3 N–H and O–H groups in total. The highest BCUT2D eigenvalue weighted by Crippen LogP contribution is 2.36. The molecule has 0 aliphatic carbocycles. The van der Waals surface area contributed by atoms with E-state index in [1.165, 1.54) is 6.33 Å². The number of pyridine rings is 1. The molecule has 27 heavy (non-hydrogen) atoms. The van der Waals surface area contributed by atoms with Gasteiger partial charge in [0.25, 0.3) is 0 Å². The number of aromatic nitrogens is 3. The first-order valence-electron chi connectivity index (χ1n) is 8.27. The lowest BCUT2D eigenvalue weighted by atomic mass is 10.2. The van der Waals surface area contributed by atoms with E-state index in [1.54, 1.807) is 6.20 Å². The van der Waals surface area contributed by atoms with Gasteiger partial charge in [0.05, 0.1) is 0 Å². The maximum absolute atomic E-state index is 6.26. The van der Waals surface area contributed by atoms with E-state index in [0.717, 1.165) is 26.6 Å². The zero-order chi connectivity index (χ0) is 18.8. The molecule has 134 valence electrons. The van der Waals surface area contributed by atoms with Crippen molar-refractivity contribution in [1.29, 1.82) is 0 Å². The van der Waals surface area contributed by atoms with Crippen LogP contribution in [0.3, 0.4) is 0 Å². The predicted molar refractivity (Wildman–Crippen MR) is 110 cm³/mol. The number of fused-ring (bicyclic) bond motifs is 1. The lowest BCUT2D eigenvalue weighted by molar-refractivity contribution is 0.469. The van der Waals surface area contributed by atoms with Crippen LogP contribution < -0.4 is 15.8 Å². The Hall–Kier alpha value is -3.19. The monoisotopic (exact) mass is 421 g/mol. The molecule has 0 aliphatic rings. The fourth-order valence-corrected chi connectivity index (χ4v) is 3.15. The van der Waals surface area contributed by atoms with Crippen molar-refractivity contribution < 1.29 is 4.74 Å². The van der Waals surface area contributed by atoms with Gasteiger partial charge in [-0.05, 0) is 36.8 Å². The van der Waals surface area contributed by atoms with Gasteiger partial charge in [0.2, 0.25) is 5.88 Å². The van der Waals surface area contributed by atoms with E-state index in [1.807, 2.05) is 55.5 Å². The highest BCUT2D eigenvalue weighted by molar-refractivity contribution is 9.10. The minimum atomic E-state index is 0.273. The second-order valence-corrected chi connectivity index (χ2v) is 6.78. The van der Waals surface area contributed by atoms with Crippen molar-refractivity contribution in [2.75, 3.05) is 11.1 Å². The van der Waals surface area contributed by atoms with E-state index in [2.05, 4.69) is 36.2 Å². The zero-order valence-corrected chi connectivity index (χ0v) is 16.1. The second-order valence-electron chi connectivity index (χ2n) is 5.93. The van der Waals surface area contributed by atoms with Crippen molar-refractivity contribution in [3.63, 3.8) is 0 Å². The Kier molecular flexibility index (Phi) is 4.60. The fourth-order valence-electron chi connectivity index (χ4n) is 2.70. The molecule has 0 bridgehead atoms. The van der Waals surface area contributed by atoms with Gasteiger partial charge in [-0.2, -0.15) is 4.98 Å². The van der Waals surface area contributed by atoms with Crippen molar-refractivity contribution in [3.05, 3.63) is 71.1 Å². The molecule has 6 nitrogen and oxygen atoms in total. The lowest BCUT2D eigenvalue weighted by Crippen LogP contribution is -2.04. The van der Waals surface area contributed by atoms with Gasteiger partial charge in [-0.25, -0.2) is 4.98 Å². The normalized spacial score (nSPS) is 10.7. The smallest absolute Gasteiger partial charge is 0.248 e. The van der Waals surface area contributed by atoms with Crippen LogP contribution in [-0.2, 0) is 0 Å². The summed E-state index contributed by atoms with van der Waals surface area (Å²) in [7, 11) is 0. The number of nitrogens with two attached hydrogens (primary N) is 1. The molecule has 0 atom stereocenters. The first-order valence-corrected chi connectivity index (χ1v) is 9.07. The van der Waals surface area contributed by atoms with E-state index in [0.29, 0.717) is 17.3 Å². The van der Waals surface area contributed by atoms with Crippen molar-refractivity contribution in [3.8, 4) is 11.6 Å². The summed E-state index contributed by atoms with van der Waals surface area (Å²) in [5.74, 6) is 1.33. The molecule has 4 rings (SSSR count). The van der Waals surface area contributed by atoms with Gasteiger partial charge in [-0.15, -0.1) is 0 Å². The van der Waals surface area contributed by atoms with Gasteiger partial charge in [-0.3, -0.25) is 4.98 Å². The molecule has 2 aromatic heterocycles. The quantitative estimate of drug-likeness (QED) is 0.469. The largest absolute Gasteiger partial charge is 0.435 e. The average Bonchev–Trinajstić information content (AvgIpc) is 2.69. The highest BCUT2D eigenvalue weighted by atomic mass is 79.9. The number of anilines is 3. The first-order chi connectivity index (χ1) is 13.1. The van der Waals surface area contributed by atoms with Crippen LogP contribution in [0.1, 0.15) is 5.56 Å². The molecular weight excluding hydrogens is 406 g/mol. The van der Waals surface area contributed by atoms with E-state index < -0.39 is 0 Å². The summed E-state index contributed by atoms with van der Waals surface area (Å²) in [5.41, 5.74) is 9.31.